The van der Waals surface area contributed by atoms with Crippen molar-refractivity contribution in [3.63, 3.8) is 0 Å². The third-order valence-corrected chi connectivity index (χ3v) is 4.33. The lowest BCUT2D eigenvalue weighted by Gasteiger charge is -2.37. The Bertz CT molecular complexity index is 789. The van der Waals surface area contributed by atoms with Crippen molar-refractivity contribution in [3.05, 3.63) is 48.3 Å². The van der Waals surface area contributed by atoms with Crippen LogP contribution in [-0.4, -0.2) is 57.7 Å². The van der Waals surface area contributed by atoms with Gasteiger partial charge in [-0.3, -0.25) is 4.98 Å². The van der Waals surface area contributed by atoms with Crippen LogP contribution in [0.2, 0.25) is 0 Å². The maximum atomic E-state index is 12.2. The summed E-state index contributed by atoms with van der Waals surface area (Å²) in [6.45, 7) is 2.65. The van der Waals surface area contributed by atoms with Crippen molar-refractivity contribution in [2.24, 2.45) is 0 Å². The molecule has 1 saturated heterocycles. The average molecular weight is 428 g/mol. The zero-order chi connectivity index (χ0) is 21.4. The van der Waals surface area contributed by atoms with Crippen molar-refractivity contribution >= 4 is 5.69 Å². The van der Waals surface area contributed by atoms with Crippen LogP contribution in [0.15, 0.2) is 42.7 Å². The number of morpholine rings is 1. The van der Waals surface area contributed by atoms with Gasteiger partial charge in [-0.15, -0.1) is 13.2 Å². The molecule has 7 nitrogen and oxygen atoms in total. The minimum absolute atomic E-state index is 0.0205. The van der Waals surface area contributed by atoms with Gasteiger partial charge in [-0.2, -0.15) is 0 Å². The molecule has 2 heterocycles. The number of methoxy groups -OCH3 is 1. The lowest BCUT2D eigenvalue weighted by molar-refractivity contribution is -0.274. The Kier molecular flexibility index (Phi) is 7.72. The molecule has 0 amide bonds. The number of alkyl halides is 3. The number of nitrogens with zero attached hydrogens (tertiary/aromatic N) is 2. The fourth-order valence-electron chi connectivity index (χ4n) is 3.00. The molecule has 0 radical (unpaired) electrons. The molecule has 10 heteroatoms. The van der Waals surface area contributed by atoms with Crippen molar-refractivity contribution in [2.45, 2.75) is 19.0 Å². The smallest absolute Gasteiger partial charge is 0.487 e. The minimum atomic E-state index is -4.71. The van der Waals surface area contributed by atoms with Gasteiger partial charge < -0.3 is 28.6 Å². The molecular formula is C20H23F3N2O5. The molecular weight excluding hydrogens is 405 g/mol. The number of hydrogen-bond donors (Lipinski definition) is 0. The molecule has 0 N–H and O–H groups in total. The Balaban J connectivity index is 1.59. The van der Waals surface area contributed by atoms with Gasteiger partial charge in [0.2, 0.25) is 0 Å². The van der Waals surface area contributed by atoms with Crippen molar-refractivity contribution in [1.29, 1.82) is 0 Å². The summed E-state index contributed by atoms with van der Waals surface area (Å²) in [6, 6.07) is 7.42. The molecule has 164 valence electrons. The number of benzene rings is 1. The standard InChI is InChI=1S/C20H23F3N2O5/c1-26-14-28-13-17-12-27-7-6-25(17)16-8-19(10-24-9-16)29-11-15-2-4-18(5-3-15)30-20(21,22)23/h2-5,8-10,17H,6-7,11-14H2,1H3/t17-/m0/s1. The normalized spacial score (nSPS) is 17.1. The third kappa shape index (κ3) is 6.75. The SMILES string of the molecule is COCOC[C@@H]1COCCN1c1cncc(OCc2ccc(OC(F)(F)F)cc2)c1. The fraction of sp³-hybridized carbons (Fsp3) is 0.450. The quantitative estimate of drug-likeness (QED) is 0.448. The number of anilines is 1. The number of hydrogen-bond acceptors (Lipinski definition) is 7. The van der Waals surface area contributed by atoms with E-state index in [9.17, 15) is 13.2 Å². The second-order valence-corrected chi connectivity index (χ2v) is 6.56. The first-order chi connectivity index (χ1) is 14.4. The maximum absolute atomic E-state index is 12.2. The highest BCUT2D eigenvalue weighted by Crippen LogP contribution is 2.25. The van der Waals surface area contributed by atoms with Gasteiger partial charge in [0.15, 0.2) is 0 Å². The maximum Gasteiger partial charge on any atom is 0.573 e. The van der Waals surface area contributed by atoms with Gasteiger partial charge in [-0.1, -0.05) is 12.1 Å². The van der Waals surface area contributed by atoms with Crippen LogP contribution in [0.25, 0.3) is 0 Å². The number of aromatic nitrogens is 1. The first-order valence-corrected chi connectivity index (χ1v) is 9.28. The zero-order valence-electron chi connectivity index (χ0n) is 16.4. The largest absolute Gasteiger partial charge is 0.573 e. The van der Waals surface area contributed by atoms with Crippen molar-refractivity contribution in [2.75, 3.05) is 45.2 Å². The zero-order valence-corrected chi connectivity index (χ0v) is 16.4. The summed E-state index contributed by atoms with van der Waals surface area (Å²) < 4.78 is 62.3. The van der Waals surface area contributed by atoms with E-state index in [1.807, 2.05) is 6.07 Å². The Morgan fingerprint density at radius 2 is 1.97 bits per heavy atom. The predicted octanol–water partition coefficient (Wildman–Crippen LogP) is 3.38. The minimum Gasteiger partial charge on any atom is -0.487 e. The number of rotatable bonds is 9. The van der Waals surface area contributed by atoms with E-state index < -0.39 is 6.36 Å². The monoisotopic (exact) mass is 428 g/mol. The van der Waals surface area contributed by atoms with Gasteiger partial charge in [-0.05, 0) is 17.7 Å². The second-order valence-electron chi connectivity index (χ2n) is 6.56. The Morgan fingerprint density at radius 3 is 2.70 bits per heavy atom. The Hall–Kier alpha value is -2.56. The summed E-state index contributed by atoms with van der Waals surface area (Å²) >= 11 is 0. The van der Waals surface area contributed by atoms with E-state index in [0.29, 0.717) is 37.7 Å². The van der Waals surface area contributed by atoms with E-state index in [2.05, 4.69) is 14.6 Å². The molecule has 0 spiro atoms. The van der Waals surface area contributed by atoms with Gasteiger partial charge in [0, 0.05) is 19.7 Å². The van der Waals surface area contributed by atoms with Gasteiger partial charge in [0.25, 0.3) is 0 Å². The van der Waals surface area contributed by atoms with E-state index in [0.717, 1.165) is 5.69 Å². The van der Waals surface area contributed by atoms with Crippen LogP contribution in [0.1, 0.15) is 5.56 Å². The topological polar surface area (TPSA) is 62.3 Å². The lowest BCUT2D eigenvalue weighted by atomic mass is 10.2. The molecule has 3 rings (SSSR count). The molecule has 1 aliphatic heterocycles. The Labute approximate surface area is 172 Å². The summed E-state index contributed by atoms with van der Waals surface area (Å²) in [6.07, 6.45) is -1.39. The van der Waals surface area contributed by atoms with Crippen LogP contribution < -0.4 is 14.4 Å². The molecule has 1 aromatic carbocycles. The molecule has 1 aromatic heterocycles. The van der Waals surface area contributed by atoms with Crippen LogP contribution in [-0.2, 0) is 20.8 Å². The third-order valence-electron chi connectivity index (χ3n) is 4.33. The van der Waals surface area contributed by atoms with Crippen LogP contribution >= 0.6 is 0 Å². The number of pyridine rings is 1. The highest BCUT2D eigenvalue weighted by molar-refractivity contribution is 5.49. The number of ether oxygens (including phenoxy) is 5. The summed E-state index contributed by atoms with van der Waals surface area (Å²) in [5, 5.41) is 0. The molecule has 2 aromatic rings. The fourth-order valence-corrected chi connectivity index (χ4v) is 3.00. The highest BCUT2D eigenvalue weighted by Gasteiger charge is 2.31. The van der Waals surface area contributed by atoms with E-state index in [4.69, 9.17) is 18.9 Å². The van der Waals surface area contributed by atoms with Crippen LogP contribution in [0.5, 0.6) is 11.5 Å². The highest BCUT2D eigenvalue weighted by atomic mass is 19.4. The molecule has 0 saturated carbocycles. The van der Waals surface area contributed by atoms with Crippen molar-refractivity contribution < 1.29 is 36.9 Å². The summed E-state index contributed by atoms with van der Waals surface area (Å²) in [5.74, 6) is 0.273. The lowest BCUT2D eigenvalue weighted by Crippen LogP contribution is -2.48. The Morgan fingerprint density at radius 1 is 1.17 bits per heavy atom. The molecule has 0 bridgehead atoms. The van der Waals surface area contributed by atoms with Crippen LogP contribution in [0, 0.1) is 0 Å². The molecule has 1 aliphatic rings. The van der Waals surface area contributed by atoms with Crippen LogP contribution in [0.4, 0.5) is 18.9 Å². The summed E-state index contributed by atoms with van der Waals surface area (Å²) in [5.41, 5.74) is 1.57. The van der Waals surface area contributed by atoms with Gasteiger partial charge in [0.1, 0.15) is 24.9 Å². The first kappa shape index (κ1) is 22.1. The van der Waals surface area contributed by atoms with E-state index >= 15 is 0 Å². The van der Waals surface area contributed by atoms with Gasteiger partial charge in [-0.25, -0.2) is 0 Å². The molecule has 0 aliphatic carbocycles. The van der Waals surface area contributed by atoms with Crippen LogP contribution in [0.3, 0.4) is 0 Å². The molecule has 1 atom stereocenters. The van der Waals surface area contributed by atoms with E-state index in [-0.39, 0.29) is 25.2 Å². The van der Waals surface area contributed by atoms with E-state index in [1.54, 1.807) is 19.5 Å². The van der Waals surface area contributed by atoms with Gasteiger partial charge in [0.05, 0.1) is 43.9 Å². The molecule has 0 unspecified atom stereocenters. The second kappa shape index (κ2) is 10.5. The predicted molar refractivity (Wildman–Crippen MR) is 101 cm³/mol. The molecule has 1 fully saturated rings. The van der Waals surface area contributed by atoms with Gasteiger partial charge >= 0.3 is 6.36 Å². The summed E-state index contributed by atoms with van der Waals surface area (Å²) in [7, 11) is 1.57. The molecule has 30 heavy (non-hydrogen) atoms. The summed E-state index contributed by atoms with van der Waals surface area (Å²) in [4.78, 5) is 6.38. The average Bonchev–Trinajstić information content (AvgIpc) is 2.73. The van der Waals surface area contributed by atoms with Crippen molar-refractivity contribution in [1.82, 2.24) is 4.98 Å². The first-order valence-electron chi connectivity index (χ1n) is 9.28. The number of halogens is 3. The van der Waals surface area contributed by atoms with Crippen molar-refractivity contribution in [3.8, 4) is 11.5 Å². The van der Waals surface area contributed by atoms with E-state index in [1.165, 1.54) is 24.3 Å².